The number of ketones is 1. The fraction of sp³-hybridized carbons (Fsp3) is 0.323. The summed E-state index contributed by atoms with van der Waals surface area (Å²) in [5.41, 5.74) is 9.16. The van der Waals surface area contributed by atoms with Crippen molar-refractivity contribution in [1.29, 1.82) is 0 Å². The van der Waals surface area contributed by atoms with Crippen LogP contribution in [-0.4, -0.2) is 43.3 Å². The lowest BCUT2D eigenvalue weighted by molar-refractivity contribution is -0.129. The Kier molecular flexibility index (Phi) is 12.6. The number of ether oxygens (including phenoxy) is 1. The summed E-state index contributed by atoms with van der Waals surface area (Å²) in [5.74, 6) is 0.214. The van der Waals surface area contributed by atoms with Crippen molar-refractivity contribution in [3.05, 3.63) is 100 Å². The van der Waals surface area contributed by atoms with Gasteiger partial charge in [-0.2, -0.15) is 0 Å². The van der Waals surface area contributed by atoms with Crippen LogP contribution in [0.2, 0.25) is 5.02 Å². The van der Waals surface area contributed by atoms with Crippen LogP contribution in [0.3, 0.4) is 0 Å². The van der Waals surface area contributed by atoms with Gasteiger partial charge in [0, 0.05) is 43.9 Å². The Hall–Kier alpha value is -3.72. The van der Waals surface area contributed by atoms with Gasteiger partial charge in [-0.1, -0.05) is 66.2 Å². The number of Topliss-reactive ketones (excluding diaryl/α,β-unsaturated/α-hetero) is 1. The van der Waals surface area contributed by atoms with Crippen molar-refractivity contribution in [3.8, 4) is 5.75 Å². The average Bonchev–Trinajstić information content (AvgIpc) is 2.95. The summed E-state index contributed by atoms with van der Waals surface area (Å²) < 4.78 is 5.42. The highest BCUT2D eigenvalue weighted by Crippen LogP contribution is 2.17. The third-order valence-electron chi connectivity index (χ3n) is 6.23. The van der Waals surface area contributed by atoms with Crippen LogP contribution in [0.1, 0.15) is 35.6 Å². The van der Waals surface area contributed by atoms with Gasteiger partial charge in [-0.05, 0) is 47.4 Å². The minimum absolute atomic E-state index is 0.0190. The highest BCUT2D eigenvalue weighted by molar-refractivity contribution is 6.31. The molecule has 3 aromatic carbocycles. The molecule has 0 aliphatic rings. The third-order valence-corrected chi connectivity index (χ3v) is 6.58. The number of nitrogens with two attached hydrogens (primary N) is 1. The Balaban J connectivity index is 1.47. The molecular formula is C31H37ClN4O4. The summed E-state index contributed by atoms with van der Waals surface area (Å²) in [6.07, 6.45) is 0.773. The maximum Gasteiger partial charge on any atom is 0.243 e. The van der Waals surface area contributed by atoms with E-state index in [4.69, 9.17) is 22.1 Å². The van der Waals surface area contributed by atoms with Gasteiger partial charge < -0.3 is 26.4 Å². The Bertz CT molecular complexity index is 1250. The largest absolute Gasteiger partial charge is 0.494 e. The number of nitrogens with one attached hydrogen (secondary N) is 3. The third kappa shape index (κ3) is 10.4. The maximum atomic E-state index is 13.1. The summed E-state index contributed by atoms with van der Waals surface area (Å²) in [6, 6.07) is 21.7. The predicted octanol–water partition coefficient (Wildman–Crippen LogP) is 3.33. The molecule has 8 nitrogen and oxygen atoms in total. The number of carbonyl (C=O) groups is 3. The first-order valence-corrected chi connectivity index (χ1v) is 13.8. The molecule has 9 heteroatoms. The minimum Gasteiger partial charge on any atom is -0.494 e. The van der Waals surface area contributed by atoms with E-state index in [-0.39, 0.29) is 37.1 Å². The highest BCUT2D eigenvalue weighted by atomic mass is 35.5. The molecule has 0 aliphatic heterocycles. The van der Waals surface area contributed by atoms with E-state index in [0.717, 1.165) is 28.0 Å². The van der Waals surface area contributed by atoms with Gasteiger partial charge in [0.15, 0.2) is 5.78 Å². The van der Waals surface area contributed by atoms with E-state index in [1.165, 1.54) is 0 Å². The van der Waals surface area contributed by atoms with Crippen LogP contribution in [-0.2, 0) is 40.3 Å². The van der Waals surface area contributed by atoms with Crippen LogP contribution < -0.4 is 26.4 Å². The Morgan fingerprint density at radius 1 is 0.950 bits per heavy atom. The van der Waals surface area contributed by atoms with E-state index in [0.29, 0.717) is 37.6 Å². The van der Waals surface area contributed by atoms with Crippen LogP contribution in [0.15, 0.2) is 72.8 Å². The first-order chi connectivity index (χ1) is 19.4. The van der Waals surface area contributed by atoms with E-state index in [9.17, 15) is 14.4 Å². The van der Waals surface area contributed by atoms with Gasteiger partial charge in [0.1, 0.15) is 11.8 Å². The molecule has 0 bridgehead atoms. The molecular weight excluding hydrogens is 528 g/mol. The van der Waals surface area contributed by atoms with Gasteiger partial charge in [0.25, 0.3) is 0 Å². The first kappa shape index (κ1) is 30.8. The van der Waals surface area contributed by atoms with Crippen molar-refractivity contribution in [2.24, 2.45) is 5.73 Å². The van der Waals surface area contributed by atoms with Crippen LogP contribution in [0.4, 0.5) is 0 Å². The second-order valence-electron chi connectivity index (χ2n) is 9.38. The molecule has 0 spiro atoms. The van der Waals surface area contributed by atoms with Crippen molar-refractivity contribution in [3.63, 3.8) is 0 Å². The maximum absolute atomic E-state index is 13.1. The van der Waals surface area contributed by atoms with Crippen molar-refractivity contribution < 1.29 is 19.1 Å². The van der Waals surface area contributed by atoms with Gasteiger partial charge in [-0.15, -0.1) is 0 Å². The molecule has 0 unspecified atom stereocenters. The molecule has 0 heterocycles. The second kappa shape index (κ2) is 16.4. The number of carbonyl (C=O) groups excluding carboxylic acids is 3. The van der Waals surface area contributed by atoms with Gasteiger partial charge in [-0.25, -0.2) is 0 Å². The molecule has 0 aliphatic carbocycles. The molecule has 212 valence electrons. The summed E-state index contributed by atoms with van der Waals surface area (Å²) in [6.45, 7) is 3.58. The first-order valence-electron chi connectivity index (χ1n) is 13.4. The number of benzene rings is 3. The summed E-state index contributed by atoms with van der Waals surface area (Å²) in [5, 5.41) is 9.31. The fourth-order valence-corrected chi connectivity index (χ4v) is 4.37. The topological polar surface area (TPSA) is 123 Å². The lowest BCUT2D eigenvalue weighted by Gasteiger charge is -2.19. The SMILES string of the molecule is CCOc1ccc(CC(=O)CNCCC(=O)N[C@@H](Cc2ccccc2)C(=O)NCc2ccc(CN)c(Cl)c2)cc1. The smallest absolute Gasteiger partial charge is 0.243 e. The number of rotatable bonds is 16. The van der Waals surface area contributed by atoms with E-state index >= 15 is 0 Å². The molecule has 2 amide bonds. The standard InChI is InChI=1S/C31H37ClN4O4/c1-2-40-27-12-9-23(10-13-27)16-26(37)21-34-15-14-30(38)36-29(18-22-6-4-3-5-7-22)31(39)35-20-24-8-11-25(19-33)28(32)17-24/h3-13,17,29,34H,2,14-16,18-21,33H2,1H3,(H,35,39)(H,36,38)/t29-/m0/s1. The molecule has 1 atom stereocenters. The van der Waals surface area contributed by atoms with Crippen LogP contribution in [0.5, 0.6) is 5.75 Å². The number of halogens is 1. The predicted molar refractivity (Wildman–Crippen MR) is 157 cm³/mol. The number of hydrogen-bond donors (Lipinski definition) is 4. The minimum atomic E-state index is -0.755. The Labute approximate surface area is 240 Å². The van der Waals surface area contributed by atoms with E-state index in [2.05, 4.69) is 16.0 Å². The molecule has 40 heavy (non-hydrogen) atoms. The monoisotopic (exact) mass is 564 g/mol. The van der Waals surface area contributed by atoms with Crippen LogP contribution in [0, 0.1) is 0 Å². The zero-order valence-electron chi connectivity index (χ0n) is 22.8. The molecule has 0 saturated carbocycles. The Morgan fingerprint density at radius 2 is 1.68 bits per heavy atom. The normalized spacial score (nSPS) is 11.5. The summed E-state index contributed by atoms with van der Waals surface area (Å²) in [7, 11) is 0. The van der Waals surface area contributed by atoms with Crippen molar-refractivity contribution in [2.75, 3.05) is 19.7 Å². The van der Waals surface area contributed by atoms with E-state index in [1.807, 2.05) is 73.7 Å². The Morgan fingerprint density at radius 3 is 2.35 bits per heavy atom. The lowest BCUT2D eigenvalue weighted by Crippen LogP contribution is -2.48. The number of hydrogen-bond acceptors (Lipinski definition) is 6. The molecule has 0 aromatic heterocycles. The van der Waals surface area contributed by atoms with Crippen LogP contribution >= 0.6 is 11.6 Å². The summed E-state index contributed by atoms with van der Waals surface area (Å²) in [4.78, 5) is 38.1. The molecule has 0 radical (unpaired) electrons. The molecule has 0 fully saturated rings. The second-order valence-corrected chi connectivity index (χ2v) is 9.78. The zero-order valence-corrected chi connectivity index (χ0v) is 23.5. The van der Waals surface area contributed by atoms with Gasteiger partial charge in [-0.3, -0.25) is 14.4 Å². The quantitative estimate of drug-likeness (QED) is 0.198. The van der Waals surface area contributed by atoms with Crippen molar-refractivity contribution in [1.82, 2.24) is 16.0 Å². The van der Waals surface area contributed by atoms with Gasteiger partial charge in [0.2, 0.25) is 11.8 Å². The number of amides is 2. The zero-order chi connectivity index (χ0) is 28.7. The molecule has 0 saturated heterocycles. The van der Waals surface area contributed by atoms with E-state index < -0.39 is 6.04 Å². The molecule has 3 aromatic rings. The fourth-order valence-electron chi connectivity index (χ4n) is 4.09. The van der Waals surface area contributed by atoms with Crippen molar-refractivity contribution in [2.45, 2.75) is 45.3 Å². The highest BCUT2D eigenvalue weighted by Gasteiger charge is 2.21. The molecule has 3 rings (SSSR count). The van der Waals surface area contributed by atoms with Gasteiger partial charge in [0.05, 0.1) is 13.2 Å². The lowest BCUT2D eigenvalue weighted by atomic mass is 10.0. The molecule has 5 N–H and O–H groups in total. The van der Waals surface area contributed by atoms with Gasteiger partial charge >= 0.3 is 0 Å². The van der Waals surface area contributed by atoms with Crippen molar-refractivity contribution >= 4 is 29.2 Å². The van der Waals surface area contributed by atoms with E-state index in [1.54, 1.807) is 6.07 Å². The average molecular weight is 565 g/mol. The summed E-state index contributed by atoms with van der Waals surface area (Å²) >= 11 is 6.24. The van der Waals surface area contributed by atoms with Crippen LogP contribution in [0.25, 0.3) is 0 Å².